The Morgan fingerprint density at radius 1 is 0.843 bits per heavy atom. The number of carbonyl (C=O) groups excluding carboxylic acids is 2. The molecule has 3 aliphatic rings. The van der Waals surface area contributed by atoms with E-state index in [1.807, 2.05) is 48.5 Å². The van der Waals surface area contributed by atoms with Crippen molar-refractivity contribution in [3.63, 3.8) is 0 Å². The van der Waals surface area contributed by atoms with Gasteiger partial charge in [0.1, 0.15) is 34.6 Å². The number of rotatable bonds is 21. The minimum atomic E-state index is -5.25. The molecular weight excluding hydrogens is 981 g/mol. The van der Waals surface area contributed by atoms with Gasteiger partial charge in [0.25, 0.3) is 11.8 Å². The summed E-state index contributed by atoms with van der Waals surface area (Å²) in [6.45, 7) is 19.1. The van der Waals surface area contributed by atoms with Crippen LogP contribution in [0.1, 0.15) is 45.2 Å². The number of hydrogen-bond acceptors (Lipinski definition) is 13. The van der Waals surface area contributed by atoms with Crippen LogP contribution in [-0.2, 0) is 46.8 Å². The molecule has 0 atom stereocenters. The third kappa shape index (κ3) is 12.0. The Labute approximate surface area is 417 Å². The van der Waals surface area contributed by atoms with Crippen molar-refractivity contribution in [2.24, 2.45) is 0 Å². The van der Waals surface area contributed by atoms with E-state index in [1.54, 1.807) is 0 Å². The summed E-state index contributed by atoms with van der Waals surface area (Å²) in [5.41, 5.74) is 4.99. The minimum absolute atomic E-state index is 0.0430. The lowest BCUT2D eigenvalue weighted by atomic mass is 9.93. The molecule has 370 valence electrons. The van der Waals surface area contributed by atoms with Crippen LogP contribution in [0.25, 0.3) is 33.4 Å². The fourth-order valence-corrected chi connectivity index (χ4v) is 21.1. The molecule has 1 aliphatic carbocycles. The maximum Gasteiger partial charge on any atom is 0.253 e. The van der Waals surface area contributed by atoms with Crippen LogP contribution < -0.4 is 19.6 Å². The van der Waals surface area contributed by atoms with Gasteiger partial charge in [-0.15, -0.1) is 0 Å². The molecular formula is C50H60N6O9S3Si2. The Bertz CT molecular complexity index is 3210. The number of para-hydroxylation sites is 1. The van der Waals surface area contributed by atoms with Gasteiger partial charge in [-0.2, -0.15) is 0 Å². The number of amides is 2. The molecule has 0 saturated heterocycles. The summed E-state index contributed by atoms with van der Waals surface area (Å²) in [6.07, 6.45) is 7.13. The van der Waals surface area contributed by atoms with Crippen LogP contribution >= 0.6 is 11.8 Å². The molecule has 1 N–H and O–H groups in total. The number of fused-ring (bicyclic) bond motifs is 2. The quantitative estimate of drug-likeness (QED) is 0.0138. The van der Waals surface area contributed by atoms with Crippen LogP contribution in [0, 0.1) is 0 Å². The molecule has 0 bridgehead atoms. The highest BCUT2D eigenvalue weighted by Gasteiger charge is 2.34. The molecule has 0 unspecified atom stereocenters. The molecule has 15 nitrogen and oxygen atoms in total. The largest absolute Gasteiger partial charge is 0.744 e. The van der Waals surface area contributed by atoms with Gasteiger partial charge in [-0.05, 0) is 108 Å². The number of benzene rings is 4. The SMILES string of the molecule is CCc1ccccc1N(CC)c1ccc2c(-c3ccc(S(=O)(=O)NCc4cnc(SC[Si](C)(C)O[Si](C)(C)CCCN5C(=O)C=CC5=O)nc4)cc3S(=O)(=O)[O-])c3ccc(=[N+](CC)CC)cc-3oc2c1. The van der Waals surface area contributed by atoms with Crippen LogP contribution in [-0.4, -0.2) is 96.3 Å². The smallest absolute Gasteiger partial charge is 0.253 e. The van der Waals surface area contributed by atoms with Crippen LogP contribution in [0.2, 0.25) is 32.2 Å². The first kappa shape index (κ1) is 52.5. The number of anilines is 2. The van der Waals surface area contributed by atoms with E-state index in [2.05, 4.69) is 90.2 Å². The maximum absolute atomic E-state index is 13.8. The average molecular weight is 1040 g/mol. The van der Waals surface area contributed by atoms with Crippen molar-refractivity contribution >= 4 is 82.7 Å². The van der Waals surface area contributed by atoms with Crippen molar-refractivity contribution < 1.29 is 39.5 Å². The van der Waals surface area contributed by atoms with Crippen molar-refractivity contribution in [2.75, 3.05) is 36.5 Å². The standard InChI is InChI=1S/C50H60N6O9S3Si2/c1-9-36-16-13-14-17-43(36)55(12-4)38-19-22-41-45(29-38)64-44-28-37(54(10-2)11-3)18-21-40(44)49(41)42-23-20-39(30-46(42)68(61,62)63)67(59,60)53-33-35-31-51-50(52-32-35)66-34-70(7,8)65-69(5,6)27-15-26-56-47(57)24-25-48(56)58/h13-14,16-25,28-32,53H,9-12,15,26-27,33-34H2,1-8H3. The van der Waals surface area contributed by atoms with E-state index in [0.29, 0.717) is 63.5 Å². The third-order valence-corrected chi connectivity index (χ3v) is 24.3. The van der Waals surface area contributed by atoms with E-state index < -0.39 is 46.6 Å². The fraction of sp³-hybridized carbons (Fsp3) is 0.340. The summed E-state index contributed by atoms with van der Waals surface area (Å²) in [7, 11) is -13.9. The molecule has 0 spiro atoms. The van der Waals surface area contributed by atoms with Crippen LogP contribution in [0.5, 0.6) is 0 Å². The zero-order valence-corrected chi connectivity index (χ0v) is 45.3. The maximum atomic E-state index is 13.8. The van der Waals surface area contributed by atoms with Gasteiger partial charge in [0.15, 0.2) is 21.8 Å². The lowest BCUT2D eigenvalue weighted by Gasteiger charge is -2.34. The number of imide groups is 1. The Kier molecular flexibility index (Phi) is 16.2. The topological polar surface area (TPSA) is 195 Å². The molecule has 3 aromatic carbocycles. The summed E-state index contributed by atoms with van der Waals surface area (Å²) in [4.78, 5) is 35.1. The van der Waals surface area contributed by atoms with Gasteiger partial charge in [-0.25, -0.2) is 36.1 Å². The molecule has 0 fully saturated rings. The zero-order valence-electron chi connectivity index (χ0n) is 40.8. The lowest BCUT2D eigenvalue weighted by Crippen LogP contribution is -2.46. The number of sulfonamides is 1. The number of aromatic nitrogens is 2. The summed E-state index contributed by atoms with van der Waals surface area (Å²) in [5, 5.41) is 2.59. The average Bonchev–Trinajstić information content (AvgIpc) is 3.64. The molecule has 2 aliphatic heterocycles. The van der Waals surface area contributed by atoms with E-state index >= 15 is 0 Å². The van der Waals surface area contributed by atoms with E-state index in [1.165, 1.54) is 58.9 Å². The lowest BCUT2D eigenvalue weighted by molar-refractivity contribution is -0.136. The first-order chi connectivity index (χ1) is 33.2. The first-order valence-corrected chi connectivity index (χ1v) is 33.5. The van der Waals surface area contributed by atoms with Crippen molar-refractivity contribution in [2.45, 2.75) is 94.3 Å². The van der Waals surface area contributed by atoms with Gasteiger partial charge in [-0.3, -0.25) is 14.5 Å². The van der Waals surface area contributed by atoms with Crippen LogP contribution in [0.3, 0.4) is 0 Å². The molecule has 0 saturated carbocycles. The van der Waals surface area contributed by atoms with E-state index in [0.717, 1.165) is 48.4 Å². The molecule has 20 heteroatoms. The number of nitrogens with zero attached hydrogens (tertiary/aromatic N) is 5. The Balaban J connectivity index is 1.12. The summed E-state index contributed by atoms with van der Waals surface area (Å²) >= 11 is 1.45. The van der Waals surface area contributed by atoms with Crippen LogP contribution in [0.4, 0.5) is 11.4 Å². The molecule has 7 rings (SSSR count). The zero-order chi connectivity index (χ0) is 50.6. The van der Waals surface area contributed by atoms with Crippen molar-refractivity contribution in [1.82, 2.24) is 24.2 Å². The highest BCUT2D eigenvalue weighted by molar-refractivity contribution is 8.00. The second kappa shape index (κ2) is 21.6. The van der Waals surface area contributed by atoms with Gasteiger partial charge < -0.3 is 18.0 Å². The van der Waals surface area contributed by atoms with Crippen molar-refractivity contribution in [3.05, 3.63) is 120 Å². The van der Waals surface area contributed by atoms with Gasteiger partial charge in [0.2, 0.25) is 15.4 Å². The monoisotopic (exact) mass is 1040 g/mol. The molecule has 3 heterocycles. The van der Waals surface area contributed by atoms with E-state index in [4.69, 9.17) is 8.53 Å². The molecule has 1 aromatic heterocycles. The highest BCUT2D eigenvalue weighted by Crippen LogP contribution is 2.44. The first-order valence-electron chi connectivity index (χ1n) is 23.4. The second-order valence-corrected chi connectivity index (χ2v) is 31.5. The Morgan fingerprint density at radius 2 is 1.53 bits per heavy atom. The van der Waals surface area contributed by atoms with Gasteiger partial charge in [0.05, 0.1) is 15.9 Å². The molecule has 4 aromatic rings. The third-order valence-electron chi connectivity index (χ3n) is 12.2. The highest BCUT2D eigenvalue weighted by atomic mass is 32.2. The number of nitrogens with one attached hydrogen (secondary N) is 1. The van der Waals surface area contributed by atoms with Gasteiger partial charge in [0, 0.05) is 101 Å². The van der Waals surface area contributed by atoms with E-state index in [9.17, 15) is 31.0 Å². The Morgan fingerprint density at radius 3 is 2.19 bits per heavy atom. The predicted octanol–water partition coefficient (Wildman–Crippen LogP) is 8.28. The number of hydrogen-bond donors (Lipinski definition) is 1. The molecule has 0 radical (unpaired) electrons. The number of thioether (sulfide) groups is 1. The summed E-state index contributed by atoms with van der Waals surface area (Å²) in [5.74, 6) is -0.106. The van der Waals surface area contributed by atoms with Gasteiger partial charge in [-0.1, -0.05) is 43.0 Å². The fourth-order valence-electron chi connectivity index (χ4n) is 8.91. The Hall–Kier alpha value is -5.33. The minimum Gasteiger partial charge on any atom is -0.744 e. The van der Waals surface area contributed by atoms with Crippen LogP contribution in [0.15, 0.2) is 123 Å². The summed E-state index contributed by atoms with van der Waals surface area (Å²) in [6, 6.07) is 23.9. The summed E-state index contributed by atoms with van der Waals surface area (Å²) < 4.78 is 85.5. The molecule has 2 amide bonds. The second-order valence-electron chi connectivity index (χ2n) is 18.2. The normalized spacial score (nSPS) is 13.5. The van der Waals surface area contributed by atoms with Crippen molar-refractivity contribution in [1.29, 1.82) is 0 Å². The van der Waals surface area contributed by atoms with Gasteiger partial charge >= 0.3 is 0 Å². The van der Waals surface area contributed by atoms with Crippen molar-refractivity contribution in [3.8, 4) is 22.5 Å². The van der Waals surface area contributed by atoms with E-state index in [-0.39, 0.29) is 23.9 Å². The predicted molar refractivity (Wildman–Crippen MR) is 279 cm³/mol. The number of carbonyl (C=O) groups is 2. The molecule has 70 heavy (non-hydrogen) atoms. The number of aryl methyl sites for hydroxylation is 1.